The quantitative estimate of drug-likeness (QED) is 0.509. The third-order valence-corrected chi connectivity index (χ3v) is 3.73. The van der Waals surface area contributed by atoms with Gasteiger partial charge in [0.25, 0.3) is 0 Å². The fourth-order valence-corrected chi connectivity index (χ4v) is 2.68. The molecule has 18 heavy (non-hydrogen) atoms. The van der Waals surface area contributed by atoms with Gasteiger partial charge in [0.1, 0.15) is 12.2 Å². The molecule has 0 aliphatic carbocycles. The molecule has 5 heteroatoms. The van der Waals surface area contributed by atoms with Crippen LogP contribution in [0.5, 0.6) is 0 Å². The van der Waals surface area contributed by atoms with Crippen LogP contribution in [0.1, 0.15) is 23.2 Å². The van der Waals surface area contributed by atoms with E-state index in [1.807, 2.05) is 6.07 Å². The maximum Gasteiger partial charge on any atom is 0.338 e. The van der Waals surface area contributed by atoms with Crippen LogP contribution in [0.15, 0.2) is 30.3 Å². The Kier molecular flexibility index (Phi) is 4.96. The molecule has 1 heterocycles. The standard InChI is InChI=1S/C13H15IO4/c14-8-11-10(6-7-12(15)17-11)18-13(16)9-4-2-1-3-5-9/h1-5,10-12,15H,6-8H2/t10-,11+,12+/m1/s1. The van der Waals surface area contributed by atoms with Crippen molar-refractivity contribution in [1.82, 2.24) is 0 Å². The van der Waals surface area contributed by atoms with Gasteiger partial charge in [0.2, 0.25) is 0 Å². The number of carbonyl (C=O) groups is 1. The Bertz CT molecular complexity index is 395. The van der Waals surface area contributed by atoms with Crippen LogP contribution >= 0.6 is 22.6 Å². The highest BCUT2D eigenvalue weighted by Crippen LogP contribution is 2.23. The Morgan fingerprint density at radius 3 is 2.78 bits per heavy atom. The lowest BCUT2D eigenvalue weighted by Gasteiger charge is -2.32. The number of aliphatic hydroxyl groups excluding tert-OH is 1. The first-order valence-corrected chi connectivity index (χ1v) is 7.39. The van der Waals surface area contributed by atoms with E-state index in [0.29, 0.717) is 22.8 Å². The predicted molar refractivity (Wildman–Crippen MR) is 74.6 cm³/mol. The van der Waals surface area contributed by atoms with E-state index in [2.05, 4.69) is 22.6 Å². The molecule has 1 N–H and O–H groups in total. The minimum atomic E-state index is -0.739. The highest BCUT2D eigenvalue weighted by molar-refractivity contribution is 14.1. The van der Waals surface area contributed by atoms with Crippen LogP contribution in [0.25, 0.3) is 0 Å². The van der Waals surface area contributed by atoms with Crippen LogP contribution in [-0.4, -0.2) is 34.0 Å². The lowest BCUT2D eigenvalue weighted by molar-refractivity contribution is -0.190. The highest BCUT2D eigenvalue weighted by atomic mass is 127. The van der Waals surface area contributed by atoms with Gasteiger partial charge in [-0.15, -0.1) is 0 Å². The summed E-state index contributed by atoms with van der Waals surface area (Å²) in [6, 6.07) is 8.89. The lowest BCUT2D eigenvalue weighted by Crippen LogP contribution is -2.42. The molecule has 0 spiro atoms. The third kappa shape index (κ3) is 3.43. The van der Waals surface area contributed by atoms with Crippen molar-refractivity contribution in [2.45, 2.75) is 31.3 Å². The van der Waals surface area contributed by atoms with Crippen molar-refractivity contribution in [3.8, 4) is 0 Å². The van der Waals surface area contributed by atoms with E-state index in [1.54, 1.807) is 24.3 Å². The summed E-state index contributed by atoms with van der Waals surface area (Å²) in [5, 5.41) is 9.41. The Morgan fingerprint density at radius 2 is 2.11 bits per heavy atom. The van der Waals surface area contributed by atoms with Gasteiger partial charge in [0.15, 0.2) is 6.29 Å². The molecule has 1 aliphatic rings. The van der Waals surface area contributed by atoms with Crippen molar-refractivity contribution in [3.05, 3.63) is 35.9 Å². The molecule has 0 unspecified atom stereocenters. The molecule has 1 saturated heterocycles. The molecule has 4 nitrogen and oxygen atoms in total. The number of aliphatic hydroxyl groups is 1. The average molecular weight is 362 g/mol. The van der Waals surface area contributed by atoms with E-state index in [0.717, 1.165) is 0 Å². The molecule has 1 fully saturated rings. The zero-order valence-corrected chi connectivity index (χ0v) is 11.9. The molecule has 98 valence electrons. The summed E-state index contributed by atoms with van der Waals surface area (Å²) in [5.74, 6) is -0.338. The largest absolute Gasteiger partial charge is 0.456 e. The molecule has 1 aromatic rings. The molecule has 0 radical (unpaired) electrons. The predicted octanol–water partition coefficient (Wildman–Crippen LogP) is 2.14. The molecule has 0 bridgehead atoms. The Hall–Kier alpha value is -0.660. The molecular formula is C13H15IO4. The van der Waals surface area contributed by atoms with E-state index in [1.165, 1.54) is 0 Å². The minimum absolute atomic E-state index is 0.234. The Balaban J connectivity index is 1.98. The Morgan fingerprint density at radius 1 is 1.39 bits per heavy atom. The maximum absolute atomic E-state index is 11.9. The highest BCUT2D eigenvalue weighted by Gasteiger charge is 2.32. The number of ether oxygens (including phenoxy) is 2. The monoisotopic (exact) mass is 362 g/mol. The van der Waals surface area contributed by atoms with Crippen LogP contribution in [0.4, 0.5) is 0 Å². The van der Waals surface area contributed by atoms with E-state index in [9.17, 15) is 9.90 Å². The van der Waals surface area contributed by atoms with Crippen LogP contribution in [0.2, 0.25) is 0 Å². The normalized spacial score (nSPS) is 27.8. The first kappa shape index (κ1) is 13.8. The number of benzene rings is 1. The second-order valence-corrected chi connectivity index (χ2v) is 5.05. The number of alkyl halides is 1. The van der Waals surface area contributed by atoms with Gasteiger partial charge in [-0.1, -0.05) is 40.8 Å². The van der Waals surface area contributed by atoms with Crippen molar-refractivity contribution >= 4 is 28.6 Å². The SMILES string of the molecule is O=C(O[C@@H]1CC[C@@H](O)O[C@H]1CI)c1ccccc1. The molecule has 0 saturated carbocycles. The number of halogens is 1. The first-order chi connectivity index (χ1) is 8.70. The number of hydrogen-bond donors (Lipinski definition) is 1. The molecular weight excluding hydrogens is 347 g/mol. The van der Waals surface area contributed by atoms with Crippen LogP contribution in [-0.2, 0) is 9.47 Å². The zero-order valence-electron chi connectivity index (χ0n) is 9.79. The van der Waals surface area contributed by atoms with Gasteiger partial charge in [-0.3, -0.25) is 0 Å². The molecule has 0 amide bonds. The van der Waals surface area contributed by atoms with E-state index in [4.69, 9.17) is 9.47 Å². The number of esters is 1. The van der Waals surface area contributed by atoms with Crippen LogP contribution in [0, 0.1) is 0 Å². The average Bonchev–Trinajstić information content (AvgIpc) is 2.41. The number of hydrogen-bond acceptors (Lipinski definition) is 4. The van der Waals surface area contributed by atoms with Crippen molar-refractivity contribution in [1.29, 1.82) is 0 Å². The zero-order chi connectivity index (χ0) is 13.0. The van der Waals surface area contributed by atoms with Gasteiger partial charge in [0, 0.05) is 10.8 Å². The molecule has 1 aliphatic heterocycles. The third-order valence-electron chi connectivity index (χ3n) is 2.86. The lowest BCUT2D eigenvalue weighted by atomic mass is 10.1. The second-order valence-electron chi connectivity index (χ2n) is 4.17. The summed E-state index contributed by atoms with van der Waals surface area (Å²) >= 11 is 2.17. The number of carbonyl (C=O) groups excluding carboxylic acids is 1. The van der Waals surface area contributed by atoms with E-state index < -0.39 is 6.29 Å². The van der Waals surface area contributed by atoms with Crippen LogP contribution in [0.3, 0.4) is 0 Å². The molecule has 2 rings (SSSR count). The van der Waals surface area contributed by atoms with Crippen molar-refractivity contribution in [3.63, 3.8) is 0 Å². The molecule has 1 aromatic carbocycles. The summed E-state index contributed by atoms with van der Waals surface area (Å²) in [6.07, 6.45) is -0.121. The van der Waals surface area contributed by atoms with Gasteiger partial charge in [-0.05, 0) is 18.6 Å². The molecule has 3 atom stereocenters. The van der Waals surface area contributed by atoms with E-state index >= 15 is 0 Å². The first-order valence-electron chi connectivity index (χ1n) is 5.86. The summed E-state index contributed by atoms with van der Waals surface area (Å²) in [6.45, 7) is 0. The van der Waals surface area contributed by atoms with Crippen molar-refractivity contribution in [2.24, 2.45) is 0 Å². The maximum atomic E-state index is 11.9. The Labute approximate surface area is 119 Å². The summed E-state index contributed by atoms with van der Waals surface area (Å²) in [5.41, 5.74) is 0.538. The summed E-state index contributed by atoms with van der Waals surface area (Å²) < 4.78 is 11.5. The van der Waals surface area contributed by atoms with Gasteiger partial charge >= 0.3 is 5.97 Å². The van der Waals surface area contributed by atoms with E-state index in [-0.39, 0.29) is 18.2 Å². The van der Waals surface area contributed by atoms with Gasteiger partial charge < -0.3 is 14.6 Å². The minimum Gasteiger partial charge on any atom is -0.456 e. The van der Waals surface area contributed by atoms with Crippen LogP contribution < -0.4 is 0 Å². The van der Waals surface area contributed by atoms with Crippen molar-refractivity contribution < 1.29 is 19.4 Å². The topological polar surface area (TPSA) is 55.8 Å². The second kappa shape index (κ2) is 6.49. The fourth-order valence-electron chi connectivity index (χ4n) is 1.90. The number of rotatable bonds is 3. The smallest absolute Gasteiger partial charge is 0.338 e. The summed E-state index contributed by atoms with van der Waals surface area (Å²) in [7, 11) is 0. The van der Waals surface area contributed by atoms with Gasteiger partial charge in [0.05, 0.1) is 5.56 Å². The van der Waals surface area contributed by atoms with Gasteiger partial charge in [-0.2, -0.15) is 0 Å². The van der Waals surface area contributed by atoms with Crippen molar-refractivity contribution in [2.75, 3.05) is 4.43 Å². The fraction of sp³-hybridized carbons (Fsp3) is 0.462. The van der Waals surface area contributed by atoms with Gasteiger partial charge in [-0.25, -0.2) is 4.79 Å². The molecule has 0 aromatic heterocycles. The summed E-state index contributed by atoms with van der Waals surface area (Å²) in [4.78, 5) is 11.9.